The average molecular weight is 542 g/mol. The lowest BCUT2D eigenvalue weighted by Gasteiger charge is -2.32. The van der Waals surface area contributed by atoms with Gasteiger partial charge in [-0.15, -0.1) is 0 Å². The van der Waals surface area contributed by atoms with Crippen LogP contribution in [0.1, 0.15) is 61.0 Å². The molecule has 1 aromatic carbocycles. The molecule has 2 N–H and O–H groups in total. The first-order valence-electron chi connectivity index (χ1n) is 12.4. The highest BCUT2D eigenvalue weighted by Crippen LogP contribution is 2.31. The van der Waals surface area contributed by atoms with Crippen LogP contribution in [0.25, 0.3) is 0 Å². The van der Waals surface area contributed by atoms with Crippen molar-refractivity contribution < 1.29 is 52.7 Å². The number of rotatable bonds is 13. The summed E-state index contributed by atoms with van der Waals surface area (Å²) in [6, 6.07) is 3.58. The smallest absolute Gasteiger partial charge is 0.477 e. The van der Waals surface area contributed by atoms with Crippen molar-refractivity contribution in [1.82, 2.24) is 5.32 Å². The van der Waals surface area contributed by atoms with Crippen molar-refractivity contribution in [3.8, 4) is 11.5 Å². The van der Waals surface area contributed by atoms with Gasteiger partial charge in [0.25, 0.3) is 5.72 Å². The van der Waals surface area contributed by atoms with Gasteiger partial charge in [0.05, 0.1) is 19.3 Å². The maximum absolute atomic E-state index is 12.3. The summed E-state index contributed by atoms with van der Waals surface area (Å²) in [6.07, 6.45) is -4.21. The Balaban J connectivity index is 3.37. The van der Waals surface area contributed by atoms with Gasteiger partial charge in [-0.1, -0.05) is 33.8 Å². The number of aliphatic carboxylic acids is 1. The number of carboxylic acids is 1. The maximum Gasteiger partial charge on any atom is 0.513 e. The van der Waals surface area contributed by atoms with E-state index in [4.69, 9.17) is 28.4 Å². The van der Waals surface area contributed by atoms with Crippen molar-refractivity contribution in [1.29, 1.82) is 0 Å². The molecular weight excluding hydrogens is 502 g/mol. The van der Waals surface area contributed by atoms with Gasteiger partial charge < -0.3 is 33.5 Å². The van der Waals surface area contributed by atoms with Crippen molar-refractivity contribution in [2.45, 2.75) is 79.7 Å². The Morgan fingerprint density at radius 3 is 1.79 bits per heavy atom. The van der Waals surface area contributed by atoms with Crippen molar-refractivity contribution >= 4 is 24.4 Å². The summed E-state index contributed by atoms with van der Waals surface area (Å²) >= 11 is 0. The third kappa shape index (κ3) is 11.7. The molecule has 0 aliphatic carbocycles. The SMILES string of the molecule is CC(C)COC(=O)Oc1ccc(C[C@](NC(C)C)(OC(=O)OC(C)C)C(=O)O)cc1OC(=O)OCC(C)C. The quantitative estimate of drug-likeness (QED) is 0.151. The summed E-state index contributed by atoms with van der Waals surface area (Å²) in [5, 5.41) is 12.8. The van der Waals surface area contributed by atoms with E-state index < -0.39 is 48.7 Å². The molecule has 0 aromatic heterocycles. The fraction of sp³-hybridized carbons (Fsp3) is 0.615. The van der Waals surface area contributed by atoms with Crippen molar-refractivity contribution in [2.24, 2.45) is 11.8 Å². The Labute approximate surface area is 222 Å². The lowest BCUT2D eigenvalue weighted by atomic mass is 10.0. The molecule has 0 aliphatic heterocycles. The van der Waals surface area contributed by atoms with Crippen LogP contribution in [0.15, 0.2) is 18.2 Å². The molecule has 0 bridgehead atoms. The van der Waals surface area contributed by atoms with Crippen LogP contribution in [0, 0.1) is 11.8 Å². The number of nitrogens with one attached hydrogen (secondary N) is 1. The standard InChI is InChI=1S/C26H39NO11/c1-15(2)13-33-23(30)36-20-10-9-19(11-21(20)37-24(31)34-14-16(3)4)12-26(22(28)29,27-17(5)6)38-25(32)35-18(7)8/h9-11,15-18,27H,12-14H2,1-8H3,(H,28,29)/t26-/m0/s1. The minimum absolute atomic E-state index is 0.0386. The normalized spacial score (nSPS) is 12.7. The molecule has 1 aromatic rings. The number of carboxylic acid groups (broad SMARTS) is 1. The second kappa shape index (κ2) is 15.0. The molecule has 214 valence electrons. The monoisotopic (exact) mass is 541 g/mol. The van der Waals surface area contributed by atoms with E-state index in [-0.39, 0.29) is 42.1 Å². The first kappa shape index (κ1) is 32.5. The van der Waals surface area contributed by atoms with E-state index in [1.165, 1.54) is 18.2 Å². The molecule has 0 aliphatic rings. The van der Waals surface area contributed by atoms with E-state index >= 15 is 0 Å². The van der Waals surface area contributed by atoms with Crippen LogP contribution in [0.5, 0.6) is 11.5 Å². The molecule has 1 rings (SSSR count). The predicted molar refractivity (Wildman–Crippen MR) is 135 cm³/mol. The van der Waals surface area contributed by atoms with Gasteiger partial charge in [-0.2, -0.15) is 0 Å². The summed E-state index contributed by atoms with van der Waals surface area (Å²) in [6.45, 7) is 14.1. The van der Waals surface area contributed by atoms with Gasteiger partial charge in [0.1, 0.15) is 0 Å². The van der Waals surface area contributed by atoms with E-state index in [1.54, 1.807) is 27.7 Å². The Hall–Kier alpha value is -3.54. The molecule has 0 saturated heterocycles. The number of ether oxygens (including phenoxy) is 6. The van der Waals surface area contributed by atoms with Crippen LogP contribution < -0.4 is 14.8 Å². The Morgan fingerprint density at radius 2 is 1.34 bits per heavy atom. The first-order chi connectivity index (χ1) is 17.6. The number of hydrogen-bond donors (Lipinski definition) is 2. The van der Waals surface area contributed by atoms with Gasteiger partial charge >= 0.3 is 24.4 Å². The molecule has 12 nitrogen and oxygen atoms in total. The minimum Gasteiger partial charge on any atom is -0.477 e. The van der Waals surface area contributed by atoms with Crippen LogP contribution in [0.2, 0.25) is 0 Å². The van der Waals surface area contributed by atoms with Crippen LogP contribution in [-0.2, 0) is 30.2 Å². The van der Waals surface area contributed by atoms with Crippen molar-refractivity contribution in [3.05, 3.63) is 23.8 Å². The van der Waals surface area contributed by atoms with Crippen LogP contribution in [-0.4, -0.2) is 60.6 Å². The zero-order valence-electron chi connectivity index (χ0n) is 23.2. The molecule has 12 heteroatoms. The zero-order valence-corrected chi connectivity index (χ0v) is 23.2. The van der Waals surface area contributed by atoms with E-state index in [1.807, 2.05) is 27.7 Å². The molecule has 0 unspecified atom stereocenters. The highest BCUT2D eigenvalue weighted by Gasteiger charge is 2.44. The topological polar surface area (TPSA) is 156 Å². The maximum atomic E-state index is 12.3. The van der Waals surface area contributed by atoms with Gasteiger partial charge in [-0.25, -0.2) is 19.2 Å². The number of carbonyl (C=O) groups excluding carboxylic acids is 3. The minimum atomic E-state index is -2.23. The fourth-order valence-electron chi connectivity index (χ4n) is 2.94. The Bertz CT molecular complexity index is 959. The van der Waals surface area contributed by atoms with Crippen molar-refractivity contribution in [3.63, 3.8) is 0 Å². The zero-order chi connectivity index (χ0) is 29.0. The van der Waals surface area contributed by atoms with E-state index in [2.05, 4.69) is 5.32 Å². The average Bonchev–Trinajstić information content (AvgIpc) is 2.76. The predicted octanol–water partition coefficient (Wildman–Crippen LogP) is 4.91. The van der Waals surface area contributed by atoms with E-state index in [0.717, 1.165) is 0 Å². The molecule has 38 heavy (non-hydrogen) atoms. The van der Waals surface area contributed by atoms with Crippen molar-refractivity contribution in [2.75, 3.05) is 13.2 Å². The van der Waals surface area contributed by atoms with E-state index in [0.29, 0.717) is 0 Å². The number of carbonyl (C=O) groups is 4. The van der Waals surface area contributed by atoms with Gasteiger partial charge in [-0.3, -0.25) is 5.32 Å². The second-order valence-corrected chi connectivity index (χ2v) is 10.0. The fourth-order valence-corrected chi connectivity index (χ4v) is 2.94. The van der Waals surface area contributed by atoms with E-state index in [9.17, 15) is 24.3 Å². The van der Waals surface area contributed by atoms with Crippen LogP contribution in [0.4, 0.5) is 14.4 Å². The molecule has 1 atom stereocenters. The highest BCUT2D eigenvalue weighted by molar-refractivity contribution is 5.80. The molecule has 0 radical (unpaired) electrons. The lowest BCUT2D eigenvalue weighted by molar-refractivity contribution is -0.167. The summed E-state index contributed by atoms with van der Waals surface area (Å²) in [5.41, 5.74) is -1.97. The lowest BCUT2D eigenvalue weighted by Crippen LogP contribution is -2.59. The van der Waals surface area contributed by atoms with Gasteiger partial charge in [-0.05, 0) is 57.2 Å². The summed E-state index contributed by atoms with van der Waals surface area (Å²) in [4.78, 5) is 49.0. The Morgan fingerprint density at radius 1 is 0.816 bits per heavy atom. The van der Waals surface area contributed by atoms with Gasteiger partial charge in [0.15, 0.2) is 11.5 Å². The Kier molecular flexibility index (Phi) is 12.8. The van der Waals surface area contributed by atoms with Gasteiger partial charge in [0.2, 0.25) is 0 Å². The first-order valence-corrected chi connectivity index (χ1v) is 12.4. The van der Waals surface area contributed by atoms with Gasteiger partial charge in [0, 0.05) is 12.5 Å². The third-order valence-corrected chi connectivity index (χ3v) is 4.37. The number of hydrogen-bond acceptors (Lipinski definition) is 11. The largest absolute Gasteiger partial charge is 0.513 e. The summed E-state index contributed by atoms with van der Waals surface area (Å²) < 4.78 is 30.7. The molecule has 0 spiro atoms. The summed E-state index contributed by atoms with van der Waals surface area (Å²) in [5.74, 6) is -1.78. The second-order valence-electron chi connectivity index (χ2n) is 10.0. The van der Waals surface area contributed by atoms with Crippen LogP contribution in [0.3, 0.4) is 0 Å². The molecular formula is C26H39NO11. The number of benzene rings is 1. The van der Waals surface area contributed by atoms with Crippen LogP contribution >= 0.6 is 0 Å². The molecule has 0 heterocycles. The molecule has 0 fully saturated rings. The molecule has 0 saturated carbocycles. The highest BCUT2D eigenvalue weighted by atomic mass is 16.8. The molecule has 0 amide bonds. The third-order valence-electron chi connectivity index (χ3n) is 4.37. The summed E-state index contributed by atoms with van der Waals surface area (Å²) in [7, 11) is 0.